The minimum atomic E-state index is -0.370. The number of rotatable bonds is 7. The third-order valence-electron chi connectivity index (χ3n) is 4.90. The molecule has 0 saturated carbocycles. The number of ether oxygens (including phenoxy) is 2. The Bertz CT molecular complexity index is 1230. The monoisotopic (exact) mass is 472 g/mol. The van der Waals surface area contributed by atoms with E-state index in [4.69, 9.17) is 21.1 Å². The molecule has 1 heterocycles. The molecule has 3 aromatic carbocycles. The second-order valence-corrected chi connectivity index (χ2v) is 8.15. The maximum Gasteiger partial charge on any atom is 0.173 e. The summed E-state index contributed by atoms with van der Waals surface area (Å²) in [6.07, 6.45) is 1.72. The van der Waals surface area contributed by atoms with Crippen LogP contribution in [0.5, 0.6) is 11.5 Å². The van der Waals surface area contributed by atoms with Gasteiger partial charge in [-0.05, 0) is 54.6 Å². The zero-order valence-corrected chi connectivity index (χ0v) is 18.9. The van der Waals surface area contributed by atoms with Crippen LogP contribution in [0.1, 0.15) is 5.56 Å². The van der Waals surface area contributed by atoms with E-state index in [-0.39, 0.29) is 17.4 Å². The van der Waals surface area contributed by atoms with Crippen LogP contribution in [0, 0.1) is 11.6 Å². The lowest BCUT2D eigenvalue weighted by Crippen LogP contribution is -2.00. The average molecular weight is 473 g/mol. The van der Waals surface area contributed by atoms with Crippen molar-refractivity contribution in [2.24, 2.45) is 0 Å². The fourth-order valence-electron chi connectivity index (χ4n) is 3.28. The van der Waals surface area contributed by atoms with Crippen molar-refractivity contribution in [2.45, 2.75) is 10.9 Å². The first-order chi connectivity index (χ1) is 15.5. The topological polar surface area (TPSA) is 36.3 Å². The molecule has 164 valence electrons. The van der Waals surface area contributed by atoms with Crippen LogP contribution in [-0.4, -0.2) is 23.8 Å². The number of halogens is 3. The maximum atomic E-state index is 14.3. The predicted molar refractivity (Wildman–Crippen MR) is 123 cm³/mol. The van der Waals surface area contributed by atoms with Crippen LogP contribution < -0.4 is 9.47 Å². The van der Waals surface area contributed by atoms with Crippen LogP contribution in [0.15, 0.2) is 72.0 Å². The maximum absolute atomic E-state index is 14.3. The molecule has 4 rings (SSSR count). The zero-order chi connectivity index (χ0) is 22.7. The fourth-order valence-corrected chi connectivity index (χ4v) is 4.62. The highest BCUT2D eigenvalue weighted by atomic mass is 35.5. The standard InChI is InChI=1S/C24H19ClF2N2O2S/c1-30-22-11-6-15(12-23(22)31-2)21-13-28-24(29(21)17-9-7-16(26)8-10-17)32-14-18-19(25)4-3-5-20(18)27/h3-13H,14H2,1-2H3. The number of thioether (sulfide) groups is 1. The number of aromatic nitrogens is 2. The van der Waals surface area contributed by atoms with E-state index in [2.05, 4.69) is 4.98 Å². The third kappa shape index (κ3) is 4.45. The van der Waals surface area contributed by atoms with Crippen molar-refractivity contribution in [2.75, 3.05) is 14.2 Å². The van der Waals surface area contributed by atoms with Gasteiger partial charge in [0.2, 0.25) is 0 Å². The molecule has 0 fully saturated rings. The van der Waals surface area contributed by atoms with Gasteiger partial charge in [-0.25, -0.2) is 13.8 Å². The van der Waals surface area contributed by atoms with Crippen LogP contribution in [0.4, 0.5) is 8.78 Å². The Morgan fingerprint density at radius 2 is 1.72 bits per heavy atom. The fraction of sp³-hybridized carbons (Fsp3) is 0.125. The van der Waals surface area contributed by atoms with Gasteiger partial charge >= 0.3 is 0 Å². The molecule has 0 aliphatic heterocycles. The summed E-state index contributed by atoms with van der Waals surface area (Å²) >= 11 is 7.52. The lowest BCUT2D eigenvalue weighted by Gasteiger charge is -2.14. The molecule has 32 heavy (non-hydrogen) atoms. The molecule has 0 saturated heterocycles. The van der Waals surface area contributed by atoms with Crippen molar-refractivity contribution in [3.63, 3.8) is 0 Å². The quantitative estimate of drug-likeness (QED) is 0.278. The summed E-state index contributed by atoms with van der Waals surface area (Å²) in [6.45, 7) is 0. The van der Waals surface area contributed by atoms with Gasteiger partial charge in [0, 0.05) is 27.6 Å². The number of hydrogen-bond donors (Lipinski definition) is 0. The Kier molecular flexibility index (Phi) is 6.67. The van der Waals surface area contributed by atoms with E-state index in [1.165, 1.54) is 30.0 Å². The van der Waals surface area contributed by atoms with Crippen LogP contribution in [0.25, 0.3) is 16.9 Å². The lowest BCUT2D eigenvalue weighted by molar-refractivity contribution is 0.355. The van der Waals surface area contributed by atoms with E-state index >= 15 is 0 Å². The molecule has 0 spiro atoms. The summed E-state index contributed by atoms with van der Waals surface area (Å²) in [5, 5.41) is 0.971. The second-order valence-electron chi connectivity index (χ2n) is 6.80. The van der Waals surface area contributed by atoms with Crippen LogP contribution in [0.2, 0.25) is 5.02 Å². The van der Waals surface area contributed by atoms with Crippen LogP contribution in [-0.2, 0) is 5.75 Å². The predicted octanol–water partition coefficient (Wildman–Crippen LogP) is 6.78. The van der Waals surface area contributed by atoms with E-state index in [0.29, 0.717) is 27.2 Å². The molecule has 0 amide bonds. The van der Waals surface area contributed by atoms with Crippen molar-refractivity contribution < 1.29 is 18.3 Å². The zero-order valence-electron chi connectivity index (χ0n) is 17.3. The molecule has 4 aromatic rings. The Labute approximate surface area is 193 Å². The van der Waals surface area contributed by atoms with Gasteiger partial charge in [0.15, 0.2) is 16.7 Å². The summed E-state index contributed by atoms with van der Waals surface area (Å²) < 4.78 is 40.5. The summed E-state index contributed by atoms with van der Waals surface area (Å²) in [5.41, 5.74) is 2.71. The van der Waals surface area contributed by atoms with Gasteiger partial charge in [-0.2, -0.15) is 0 Å². The van der Waals surface area contributed by atoms with Crippen LogP contribution in [0.3, 0.4) is 0 Å². The Balaban J connectivity index is 1.78. The molecule has 8 heteroatoms. The smallest absolute Gasteiger partial charge is 0.173 e. The summed E-state index contributed by atoms with van der Waals surface area (Å²) in [5.74, 6) is 0.755. The number of benzene rings is 3. The molecule has 0 aliphatic rings. The number of methoxy groups -OCH3 is 2. The van der Waals surface area contributed by atoms with Gasteiger partial charge < -0.3 is 9.47 Å². The third-order valence-corrected chi connectivity index (χ3v) is 6.23. The first-order valence-electron chi connectivity index (χ1n) is 9.63. The van der Waals surface area contributed by atoms with Crippen molar-refractivity contribution in [1.29, 1.82) is 0 Å². The molecule has 4 nitrogen and oxygen atoms in total. The lowest BCUT2D eigenvalue weighted by atomic mass is 10.1. The van der Waals surface area contributed by atoms with Gasteiger partial charge in [0.1, 0.15) is 11.6 Å². The molecular weight excluding hydrogens is 454 g/mol. The minimum absolute atomic E-state index is 0.287. The largest absolute Gasteiger partial charge is 0.493 e. The Morgan fingerprint density at radius 3 is 2.41 bits per heavy atom. The van der Waals surface area contributed by atoms with Crippen molar-refractivity contribution >= 4 is 23.4 Å². The molecule has 0 aliphatic carbocycles. The second kappa shape index (κ2) is 9.63. The van der Waals surface area contributed by atoms with E-state index in [1.54, 1.807) is 44.7 Å². The van der Waals surface area contributed by atoms with Gasteiger partial charge in [0.05, 0.1) is 26.1 Å². The number of hydrogen-bond acceptors (Lipinski definition) is 4. The molecule has 0 N–H and O–H groups in total. The van der Waals surface area contributed by atoms with Gasteiger partial charge in [0.25, 0.3) is 0 Å². The number of imidazole rings is 1. The van der Waals surface area contributed by atoms with E-state index < -0.39 is 0 Å². The summed E-state index contributed by atoms with van der Waals surface area (Å²) in [7, 11) is 3.14. The van der Waals surface area contributed by atoms with E-state index in [0.717, 1.165) is 16.9 Å². The van der Waals surface area contributed by atoms with Crippen molar-refractivity contribution in [1.82, 2.24) is 9.55 Å². The van der Waals surface area contributed by atoms with Gasteiger partial charge in [-0.3, -0.25) is 4.57 Å². The number of nitrogens with zero attached hydrogens (tertiary/aromatic N) is 2. The summed E-state index contributed by atoms with van der Waals surface area (Å²) in [6, 6.07) is 16.3. The molecule has 0 atom stereocenters. The van der Waals surface area contributed by atoms with Crippen molar-refractivity contribution in [3.8, 4) is 28.4 Å². The van der Waals surface area contributed by atoms with E-state index in [9.17, 15) is 8.78 Å². The normalized spacial score (nSPS) is 10.9. The highest BCUT2D eigenvalue weighted by Gasteiger charge is 2.17. The first kappa shape index (κ1) is 22.2. The highest BCUT2D eigenvalue weighted by molar-refractivity contribution is 7.98. The molecule has 0 bridgehead atoms. The van der Waals surface area contributed by atoms with E-state index in [1.807, 2.05) is 22.8 Å². The highest BCUT2D eigenvalue weighted by Crippen LogP contribution is 2.36. The average Bonchev–Trinajstić information content (AvgIpc) is 3.22. The van der Waals surface area contributed by atoms with Crippen molar-refractivity contribution in [3.05, 3.63) is 89.1 Å². The SMILES string of the molecule is COc1ccc(-c2cnc(SCc3c(F)cccc3Cl)n2-c2ccc(F)cc2)cc1OC. The molecule has 0 unspecified atom stereocenters. The first-order valence-corrected chi connectivity index (χ1v) is 11.0. The minimum Gasteiger partial charge on any atom is -0.493 e. The molecule has 1 aromatic heterocycles. The molecular formula is C24H19ClF2N2O2S. The Morgan fingerprint density at radius 1 is 0.969 bits per heavy atom. The van der Waals surface area contributed by atoms with Gasteiger partial charge in [-0.1, -0.05) is 29.4 Å². The Hall–Kier alpha value is -3.03. The van der Waals surface area contributed by atoms with Gasteiger partial charge in [-0.15, -0.1) is 0 Å². The van der Waals surface area contributed by atoms with Crippen LogP contribution >= 0.6 is 23.4 Å². The molecule has 0 radical (unpaired) electrons. The summed E-state index contributed by atoms with van der Waals surface area (Å²) in [4.78, 5) is 4.56.